The third-order valence-electron chi connectivity index (χ3n) is 3.54. The van der Waals surface area contributed by atoms with Crippen molar-refractivity contribution in [3.8, 4) is 17.0 Å². The second kappa shape index (κ2) is 8.84. The first kappa shape index (κ1) is 19.2. The Kier molecular flexibility index (Phi) is 6.54. The average molecular weight is 357 g/mol. The number of amides is 1. The van der Waals surface area contributed by atoms with Gasteiger partial charge in [-0.25, -0.2) is 9.48 Å². The van der Waals surface area contributed by atoms with Crippen LogP contribution in [0.5, 0.6) is 5.75 Å². The van der Waals surface area contributed by atoms with Gasteiger partial charge in [0, 0.05) is 5.56 Å². The maximum atomic E-state index is 12.6. The summed E-state index contributed by atoms with van der Waals surface area (Å²) in [6, 6.07) is 8.83. The number of rotatable bonds is 6. The zero-order valence-corrected chi connectivity index (χ0v) is 15.4. The molecule has 7 heteroatoms. The van der Waals surface area contributed by atoms with E-state index in [9.17, 15) is 9.59 Å². The summed E-state index contributed by atoms with van der Waals surface area (Å²) in [6.07, 6.45) is 1.21. The van der Waals surface area contributed by atoms with Gasteiger partial charge in [0.1, 0.15) is 11.4 Å². The van der Waals surface area contributed by atoms with Crippen LogP contribution < -0.4 is 15.6 Å². The lowest BCUT2D eigenvalue weighted by atomic mass is 10.1. The first-order valence-electron chi connectivity index (χ1n) is 8.28. The van der Waals surface area contributed by atoms with Crippen LogP contribution in [-0.2, 0) is 11.3 Å². The van der Waals surface area contributed by atoms with Gasteiger partial charge in [-0.3, -0.25) is 10.1 Å². The molecule has 0 atom stereocenters. The van der Waals surface area contributed by atoms with E-state index < -0.39 is 11.7 Å². The molecule has 0 aliphatic heterocycles. The third kappa shape index (κ3) is 4.95. The number of hydrogen-bond donors (Lipinski definition) is 1. The first-order valence-corrected chi connectivity index (χ1v) is 8.28. The van der Waals surface area contributed by atoms with Crippen LogP contribution in [0.15, 0.2) is 46.8 Å². The van der Waals surface area contributed by atoms with Gasteiger partial charge < -0.3 is 9.47 Å². The van der Waals surface area contributed by atoms with E-state index in [4.69, 9.17) is 9.47 Å². The van der Waals surface area contributed by atoms with E-state index in [0.29, 0.717) is 12.2 Å². The van der Waals surface area contributed by atoms with Gasteiger partial charge >= 0.3 is 6.09 Å². The molecule has 138 valence electrons. The average Bonchev–Trinajstić information content (AvgIpc) is 2.62. The molecular weight excluding hydrogens is 334 g/mol. The van der Waals surface area contributed by atoms with Crippen LogP contribution >= 0.6 is 0 Å². The molecule has 1 N–H and O–H groups in total. The van der Waals surface area contributed by atoms with Crippen molar-refractivity contribution in [1.29, 1.82) is 0 Å². The summed E-state index contributed by atoms with van der Waals surface area (Å²) >= 11 is 0. The summed E-state index contributed by atoms with van der Waals surface area (Å²) in [6.45, 7) is 6.10. The Morgan fingerprint density at radius 3 is 2.54 bits per heavy atom. The molecule has 0 saturated heterocycles. The number of aromatic nitrogens is 2. The molecule has 0 spiro atoms. The highest BCUT2D eigenvalue weighted by Crippen LogP contribution is 2.21. The maximum absolute atomic E-state index is 12.6. The minimum absolute atomic E-state index is 0.117. The molecule has 1 heterocycles. The van der Waals surface area contributed by atoms with Crippen LogP contribution in [0.1, 0.15) is 20.8 Å². The van der Waals surface area contributed by atoms with Crippen LogP contribution in [-0.4, -0.2) is 29.6 Å². The standard InChI is InChI=1S/C19H23N3O4/c1-5-26-19(24)20-17-12-16(14-6-8-15(25-4)9-7-14)21-22(18(17)23)11-10-13(2)3/h6-10,12H,5,11H2,1-4H3,(H,20,24). The molecule has 1 aromatic carbocycles. The minimum atomic E-state index is -0.676. The number of hydrogen-bond acceptors (Lipinski definition) is 5. The fourth-order valence-electron chi connectivity index (χ4n) is 2.20. The van der Waals surface area contributed by atoms with E-state index in [0.717, 1.165) is 16.9 Å². The molecule has 26 heavy (non-hydrogen) atoms. The lowest BCUT2D eigenvalue weighted by Gasteiger charge is -2.11. The number of carbonyl (C=O) groups is 1. The monoisotopic (exact) mass is 357 g/mol. The summed E-state index contributed by atoms with van der Waals surface area (Å²) in [5, 5.41) is 6.90. The second-order valence-corrected chi connectivity index (χ2v) is 5.79. The number of allylic oxidation sites excluding steroid dienone is 2. The number of carbonyl (C=O) groups excluding carboxylic acids is 1. The van der Waals surface area contributed by atoms with Gasteiger partial charge in [0.15, 0.2) is 0 Å². The highest BCUT2D eigenvalue weighted by molar-refractivity contribution is 5.85. The number of nitrogens with zero attached hydrogens (tertiary/aromatic N) is 2. The van der Waals surface area contributed by atoms with Crippen LogP contribution in [0.3, 0.4) is 0 Å². The lowest BCUT2D eigenvalue weighted by Crippen LogP contribution is -2.28. The van der Waals surface area contributed by atoms with Gasteiger partial charge in [-0.1, -0.05) is 11.6 Å². The number of ether oxygens (including phenoxy) is 2. The summed E-state index contributed by atoms with van der Waals surface area (Å²) in [7, 11) is 1.59. The molecule has 7 nitrogen and oxygen atoms in total. The van der Waals surface area contributed by atoms with E-state index in [-0.39, 0.29) is 12.3 Å². The predicted molar refractivity (Wildman–Crippen MR) is 101 cm³/mol. The van der Waals surface area contributed by atoms with Gasteiger partial charge in [0.05, 0.1) is 26.0 Å². The molecule has 1 amide bonds. The largest absolute Gasteiger partial charge is 0.497 e. The van der Waals surface area contributed by atoms with Gasteiger partial charge in [-0.05, 0) is 51.1 Å². The van der Waals surface area contributed by atoms with Crippen molar-refractivity contribution in [3.63, 3.8) is 0 Å². The van der Waals surface area contributed by atoms with Gasteiger partial charge in [-0.2, -0.15) is 5.10 Å². The summed E-state index contributed by atoms with van der Waals surface area (Å²) in [5.74, 6) is 0.719. The smallest absolute Gasteiger partial charge is 0.411 e. The fourth-order valence-corrected chi connectivity index (χ4v) is 2.20. The van der Waals surface area contributed by atoms with E-state index in [1.165, 1.54) is 4.68 Å². The van der Waals surface area contributed by atoms with Crippen molar-refractivity contribution >= 4 is 11.8 Å². The van der Waals surface area contributed by atoms with Crippen molar-refractivity contribution in [2.75, 3.05) is 19.0 Å². The lowest BCUT2D eigenvalue weighted by molar-refractivity contribution is 0.168. The molecule has 0 bridgehead atoms. The highest BCUT2D eigenvalue weighted by Gasteiger charge is 2.13. The molecule has 0 aliphatic rings. The SMILES string of the molecule is CCOC(=O)Nc1cc(-c2ccc(OC)cc2)nn(CC=C(C)C)c1=O. The fraction of sp³-hybridized carbons (Fsp3) is 0.316. The first-order chi connectivity index (χ1) is 12.4. The number of benzene rings is 1. The van der Waals surface area contributed by atoms with Crippen molar-refractivity contribution in [3.05, 3.63) is 52.3 Å². The van der Waals surface area contributed by atoms with E-state index in [2.05, 4.69) is 10.4 Å². The Morgan fingerprint density at radius 2 is 1.96 bits per heavy atom. The topological polar surface area (TPSA) is 82.4 Å². The van der Waals surface area contributed by atoms with Crippen LogP contribution in [0.25, 0.3) is 11.3 Å². The Hall–Kier alpha value is -3.09. The Bertz CT molecular complexity index is 850. The Labute approximate surface area is 152 Å². The Balaban J connectivity index is 2.48. The summed E-state index contributed by atoms with van der Waals surface area (Å²) < 4.78 is 11.3. The number of anilines is 1. The van der Waals surface area contributed by atoms with Gasteiger partial charge in [-0.15, -0.1) is 0 Å². The number of methoxy groups -OCH3 is 1. The third-order valence-corrected chi connectivity index (χ3v) is 3.54. The Morgan fingerprint density at radius 1 is 1.27 bits per heavy atom. The second-order valence-electron chi connectivity index (χ2n) is 5.79. The van der Waals surface area contributed by atoms with Crippen LogP contribution in [0, 0.1) is 0 Å². The molecule has 1 aromatic heterocycles. The number of nitrogens with one attached hydrogen (secondary N) is 1. The van der Waals surface area contributed by atoms with Crippen molar-refractivity contribution in [2.24, 2.45) is 0 Å². The molecule has 0 saturated carbocycles. The molecule has 0 unspecified atom stereocenters. The molecule has 0 aliphatic carbocycles. The summed E-state index contributed by atoms with van der Waals surface area (Å²) in [5.41, 5.74) is 2.14. The quantitative estimate of drug-likeness (QED) is 0.801. The minimum Gasteiger partial charge on any atom is -0.497 e. The van der Waals surface area contributed by atoms with E-state index >= 15 is 0 Å². The zero-order valence-electron chi connectivity index (χ0n) is 15.4. The molecule has 0 fully saturated rings. The predicted octanol–water partition coefficient (Wildman–Crippen LogP) is 3.45. The van der Waals surface area contributed by atoms with E-state index in [1.807, 2.05) is 32.1 Å². The van der Waals surface area contributed by atoms with Crippen LogP contribution in [0.2, 0.25) is 0 Å². The molecule has 0 radical (unpaired) electrons. The summed E-state index contributed by atoms with van der Waals surface area (Å²) in [4.78, 5) is 24.3. The normalized spacial score (nSPS) is 10.2. The molecule has 2 aromatic rings. The molecule has 2 rings (SSSR count). The van der Waals surface area contributed by atoms with Gasteiger partial charge in [0.2, 0.25) is 0 Å². The zero-order chi connectivity index (χ0) is 19.1. The highest BCUT2D eigenvalue weighted by atomic mass is 16.5. The van der Waals surface area contributed by atoms with E-state index in [1.54, 1.807) is 32.2 Å². The van der Waals surface area contributed by atoms with Crippen molar-refractivity contribution in [1.82, 2.24) is 9.78 Å². The van der Waals surface area contributed by atoms with Crippen molar-refractivity contribution in [2.45, 2.75) is 27.3 Å². The van der Waals surface area contributed by atoms with Crippen LogP contribution in [0.4, 0.5) is 10.5 Å². The van der Waals surface area contributed by atoms with Crippen molar-refractivity contribution < 1.29 is 14.3 Å². The maximum Gasteiger partial charge on any atom is 0.411 e. The molecular formula is C19H23N3O4. The van der Waals surface area contributed by atoms with Gasteiger partial charge in [0.25, 0.3) is 5.56 Å².